The highest BCUT2D eigenvalue weighted by molar-refractivity contribution is 5.86. The average molecular weight is 270 g/mol. The molecule has 0 spiro atoms. The lowest BCUT2D eigenvalue weighted by Gasteiger charge is -2.10. The van der Waals surface area contributed by atoms with Crippen LogP contribution in [0.3, 0.4) is 0 Å². The zero-order chi connectivity index (χ0) is 13.8. The van der Waals surface area contributed by atoms with Crippen molar-refractivity contribution in [1.29, 1.82) is 5.26 Å². The highest BCUT2D eigenvalue weighted by Crippen LogP contribution is 2.32. The number of nitrogens with one attached hydrogen (secondary N) is 1. The van der Waals surface area contributed by atoms with Crippen LogP contribution in [0.15, 0.2) is 28.7 Å². The first-order valence-corrected chi connectivity index (χ1v) is 7.16. The fourth-order valence-corrected chi connectivity index (χ4v) is 2.75. The van der Waals surface area contributed by atoms with Crippen LogP contribution < -0.4 is 10.1 Å². The minimum Gasteiger partial charge on any atom is -0.488 e. The van der Waals surface area contributed by atoms with Crippen LogP contribution in [-0.4, -0.2) is 19.2 Å². The van der Waals surface area contributed by atoms with Gasteiger partial charge in [0.05, 0.1) is 12.0 Å². The lowest BCUT2D eigenvalue weighted by atomic mass is 10.1. The number of nitriles is 1. The van der Waals surface area contributed by atoms with Gasteiger partial charge in [0, 0.05) is 6.04 Å². The summed E-state index contributed by atoms with van der Waals surface area (Å²) in [5.74, 6) is 0.854. The molecule has 1 fully saturated rings. The van der Waals surface area contributed by atoms with Gasteiger partial charge in [-0.05, 0) is 44.4 Å². The van der Waals surface area contributed by atoms with E-state index in [0.29, 0.717) is 24.0 Å². The van der Waals surface area contributed by atoms with Gasteiger partial charge in [-0.1, -0.05) is 12.1 Å². The van der Waals surface area contributed by atoms with Crippen LogP contribution in [0.25, 0.3) is 11.0 Å². The van der Waals surface area contributed by atoms with Crippen LogP contribution in [0.5, 0.6) is 5.75 Å². The zero-order valence-corrected chi connectivity index (χ0v) is 11.4. The minimum atomic E-state index is 0.269. The van der Waals surface area contributed by atoms with Crippen LogP contribution in [0.1, 0.15) is 31.4 Å². The summed E-state index contributed by atoms with van der Waals surface area (Å²) in [7, 11) is 0. The summed E-state index contributed by atoms with van der Waals surface area (Å²) in [5, 5.41) is 13.5. The molecular formula is C16H18N2O2. The van der Waals surface area contributed by atoms with E-state index in [0.717, 1.165) is 24.8 Å². The van der Waals surface area contributed by atoms with E-state index in [1.807, 2.05) is 24.3 Å². The molecule has 4 heteroatoms. The van der Waals surface area contributed by atoms with Gasteiger partial charge in [-0.15, -0.1) is 0 Å². The molecule has 2 heterocycles. The van der Waals surface area contributed by atoms with Crippen molar-refractivity contribution in [3.8, 4) is 11.8 Å². The number of para-hydroxylation sites is 1. The lowest BCUT2D eigenvalue weighted by Crippen LogP contribution is -2.21. The van der Waals surface area contributed by atoms with Gasteiger partial charge in [0.15, 0.2) is 5.75 Å². The maximum Gasteiger partial charge on any atom is 0.246 e. The normalized spacial score (nSPS) is 18.2. The van der Waals surface area contributed by atoms with Crippen molar-refractivity contribution in [2.45, 2.75) is 31.7 Å². The smallest absolute Gasteiger partial charge is 0.246 e. The molecule has 1 aromatic heterocycles. The van der Waals surface area contributed by atoms with Gasteiger partial charge in [-0.2, -0.15) is 5.26 Å². The Hall–Kier alpha value is -1.99. The number of hydrogen-bond acceptors (Lipinski definition) is 4. The first-order chi connectivity index (χ1) is 9.88. The molecule has 1 aromatic carbocycles. The SMILES string of the molecule is N#Cc1oc2ccccc2c1OCCCC1CCCN1. The second-order valence-corrected chi connectivity index (χ2v) is 5.15. The summed E-state index contributed by atoms with van der Waals surface area (Å²) in [4.78, 5) is 0. The molecule has 1 unspecified atom stereocenters. The fraction of sp³-hybridized carbons (Fsp3) is 0.438. The predicted octanol–water partition coefficient (Wildman–Crippen LogP) is 3.22. The second kappa shape index (κ2) is 5.98. The van der Waals surface area contributed by atoms with E-state index in [4.69, 9.17) is 14.4 Å². The Bertz CT molecular complexity index is 621. The lowest BCUT2D eigenvalue weighted by molar-refractivity contribution is 0.297. The van der Waals surface area contributed by atoms with Gasteiger partial charge in [0.1, 0.15) is 11.7 Å². The molecule has 1 N–H and O–H groups in total. The molecule has 1 saturated heterocycles. The highest BCUT2D eigenvalue weighted by Gasteiger charge is 2.16. The maximum absolute atomic E-state index is 9.11. The molecule has 0 saturated carbocycles. The number of rotatable bonds is 5. The third-order valence-electron chi connectivity index (χ3n) is 3.76. The molecule has 0 amide bonds. The van der Waals surface area contributed by atoms with Crippen molar-refractivity contribution >= 4 is 11.0 Å². The van der Waals surface area contributed by atoms with Crippen molar-refractivity contribution in [3.63, 3.8) is 0 Å². The molecule has 2 aromatic rings. The van der Waals surface area contributed by atoms with E-state index in [1.54, 1.807) is 0 Å². The van der Waals surface area contributed by atoms with Gasteiger partial charge >= 0.3 is 0 Å². The van der Waals surface area contributed by atoms with Crippen molar-refractivity contribution < 1.29 is 9.15 Å². The summed E-state index contributed by atoms with van der Waals surface area (Å²) < 4.78 is 11.3. The van der Waals surface area contributed by atoms with Crippen molar-refractivity contribution in [2.75, 3.05) is 13.2 Å². The number of fused-ring (bicyclic) bond motifs is 1. The fourth-order valence-electron chi connectivity index (χ4n) is 2.75. The molecule has 4 nitrogen and oxygen atoms in total. The Morgan fingerprint density at radius 3 is 3.10 bits per heavy atom. The summed E-state index contributed by atoms with van der Waals surface area (Å²) in [6.07, 6.45) is 4.65. The predicted molar refractivity (Wildman–Crippen MR) is 76.7 cm³/mol. The Morgan fingerprint density at radius 1 is 1.40 bits per heavy atom. The summed E-state index contributed by atoms with van der Waals surface area (Å²) in [6.45, 7) is 1.76. The molecular weight excluding hydrogens is 252 g/mol. The Balaban J connectivity index is 1.63. The van der Waals surface area contributed by atoms with E-state index in [-0.39, 0.29) is 5.76 Å². The van der Waals surface area contributed by atoms with Crippen molar-refractivity contribution in [1.82, 2.24) is 5.32 Å². The summed E-state index contributed by atoms with van der Waals surface area (Å²) in [5.41, 5.74) is 0.705. The van der Waals surface area contributed by atoms with Gasteiger partial charge in [0.25, 0.3) is 0 Å². The molecule has 1 atom stereocenters. The first kappa shape index (κ1) is 13.0. The van der Waals surface area contributed by atoms with Crippen LogP contribution in [-0.2, 0) is 0 Å². The number of hydrogen-bond donors (Lipinski definition) is 1. The molecule has 0 radical (unpaired) electrons. The van der Waals surface area contributed by atoms with Gasteiger partial charge in [-0.25, -0.2) is 0 Å². The van der Waals surface area contributed by atoms with Crippen molar-refractivity contribution in [3.05, 3.63) is 30.0 Å². The monoisotopic (exact) mass is 270 g/mol. The van der Waals surface area contributed by atoms with E-state index < -0.39 is 0 Å². The molecule has 0 bridgehead atoms. The minimum absolute atomic E-state index is 0.269. The van der Waals surface area contributed by atoms with Gasteiger partial charge < -0.3 is 14.5 Å². The Kier molecular flexibility index (Phi) is 3.89. The largest absolute Gasteiger partial charge is 0.488 e. The highest BCUT2D eigenvalue weighted by atomic mass is 16.5. The molecule has 104 valence electrons. The molecule has 20 heavy (non-hydrogen) atoms. The standard InChI is InChI=1S/C16H18N2O2/c17-11-15-16(13-7-1-2-8-14(13)20-15)19-10-4-6-12-5-3-9-18-12/h1-2,7-8,12,18H,3-6,9-10H2. The Labute approximate surface area is 118 Å². The van der Waals surface area contributed by atoms with Crippen LogP contribution in [0.4, 0.5) is 0 Å². The molecule has 0 aliphatic carbocycles. The zero-order valence-electron chi connectivity index (χ0n) is 11.4. The molecule has 1 aliphatic rings. The maximum atomic E-state index is 9.11. The third kappa shape index (κ3) is 2.63. The number of nitrogens with zero attached hydrogens (tertiary/aromatic N) is 1. The van der Waals surface area contributed by atoms with Crippen LogP contribution in [0.2, 0.25) is 0 Å². The second-order valence-electron chi connectivity index (χ2n) is 5.15. The number of benzene rings is 1. The first-order valence-electron chi connectivity index (χ1n) is 7.16. The number of ether oxygens (including phenoxy) is 1. The van der Waals surface area contributed by atoms with E-state index in [9.17, 15) is 0 Å². The van der Waals surface area contributed by atoms with E-state index >= 15 is 0 Å². The van der Waals surface area contributed by atoms with E-state index in [2.05, 4.69) is 11.4 Å². The van der Waals surface area contributed by atoms with Crippen LogP contribution in [0, 0.1) is 11.3 Å². The van der Waals surface area contributed by atoms with E-state index in [1.165, 1.54) is 12.8 Å². The molecule has 1 aliphatic heterocycles. The van der Waals surface area contributed by atoms with Gasteiger partial charge in [0.2, 0.25) is 5.76 Å². The summed E-state index contributed by atoms with van der Waals surface area (Å²) in [6, 6.07) is 10.3. The van der Waals surface area contributed by atoms with Gasteiger partial charge in [-0.3, -0.25) is 0 Å². The average Bonchev–Trinajstić information content (AvgIpc) is 3.11. The van der Waals surface area contributed by atoms with Crippen molar-refractivity contribution in [2.24, 2.45) is 0 Å². The summed E-state index contributed by atoms with van der Waals surface area (Å²) >= 11 is 0. The number of furan rings is 1. The quantitative estimate of drug-likeness (QED) is 0.847. The molecule has 3 rings (SSSR count). The Morgan fingerprint density at radius 2 is 2.30 bits per heavy atom. The van der Waals surface area contributed by atoms with Crippen LogP contribution >= 0.6 is 0 Å². The third-order valence-corrected chi connectivity index (χ3v) is 3.76. The topological polar surface area (TPSA) is 58.2 Å².